The van der Waals surface area contributed by atoms with Crippen LogP contribution in [0.25, 0.3) is 11.1 Å². The molecule has 5 nitrogen and oxygen atoms in total. The Hall–Kier alpha value is -2.66. The molecule has 1 atom stereocenters. The lowest BCUT2D eigenvalue weighted by Crippen LogP contribution is -2.41. The Morgan fingerprint density at radius 1 is 1.19 bits per heavy atom. The van der Waals surface area contributed by atoms with E-state index >= 15 is 0 Å². The molecule has 2 N–H and O–H groups in total. The molecule has 5 heteroatoms. The van der Waals surface area contributed by atoms with Gasteiger partial charge in [0.15, 0.2) is 0 Å². The highest BCUT2D eigenvalue weighted by Crippen LogP contribution is 2.26. The zero-order valence-corrected chi connectivity index (χ0v) is 15.0. The van der Waals surface area contributed by atoms with Crippen LogP contribution in [0.3, 0.4) is 0 Å². The molecule has 0 radical (unpaired) electrons. The summed E-state index contributed by atoms with van der Waals surface area (Å²) in [4.78, 5) is 26.5. The Labute approximate surface area is 153 Å². The van der Waals surface area contributed by atoms with Crippen molar-refractivity contribution in [3.63, 3.8) is 0 Å². The molecule has 2 aromatic rings. The van der Waals surface area contributed by atoms with Crippen LogP contribution in [0.4, 0.5) is 0 Å². The largest absolute Gasteiger partial charge is 0.384 e. The van der Waals surface area contributed by atoms with Crippen LogP contribution < -0.4 is 5.73 Å². The van der Waals surface area contributed by atoms with Crippen molar-refractivity contribution in [1.82, 2.24) is 4.90 Å². The lowest BCUT2D eigenvalue weighted by atomic mass is 9.96. The number of benzene rings is 2. The second-order valence-corrected chi connectivity index (χ2v) is 6.71. The number of rotatable bonds is 5. The van der Waals surface area contributed by atoms with Crippen LogP contribution in [0, 0.1) is 5.92 Å². The molecule has 0 bridgehead atoms. The van der Waals surface area contributed by atoms with Gasteiger partial charge in [0, 0.05) is 31.3 Å². The quantitative estimate of drug-likeness (QED) is 0.899. The molecule has 2 aromatic carbocycles. The van der Waals surface area contributed by atoms with Crippen LogP contribution in [-0.4, -0.2) is 43.5 Å². The molecule has 0 aromatic heterocycles. The Bertz CT molecular complexity index is 801. The fourth-order valence-electron chi connectivity index (χ4n) is 3.57. The van der Waals surface area contributed by atoms with Crippen molar-refractivity contribution in [2.24, 2.45) is 11.7 Å². The third kappa shape index (κ3) is 3.94. The van der Waals surface area contributed by atoms with Crippen LogP contribution >= 0.6 is 0 Å². The number of nitrogens with zero attached hydrogens (tertiary/aromatic N) is 1. The van der Waals surface area contributed by atoms with Crippen molar-refractivity contribution in [1.29, 1.82) is 0 Å². The maximum absolute atomic E-state index is 12.9. The van der Waals surface area contributed by atoms with E-state index in [0.717, 1.165) is 37.1 Å². The number of primary amides is 1. The molecular weight excluding hydrogens is 328 g/mol. The number of hydrogen-bond acceptors (Lipinski definition) is 3. The summed E-state index contributed by atoms with van der Waals surface area (Å²) < 4.78 is 5.25. The molecule has 0 saturated carbocycles. The predicted octanol–water partition coefficient (Wildman–Crippen LogP) is 2.95. The third-order valence-electron chi connectivity index (χ3n) is 4.82. The van der Waals surface area contributed by atoms with Crippen LogP contribution in [0.5, 0.6) is 0 Å². The topological polar surface area (TPSA) is 72.6 Å². The van der Waals surface area contributed by atoms with Gasteiger partial charge in [-0.3, -0.25) is 9.59 Å². The van der Waals surface area contributed by atoms with Gasteiger partial charge in [0.25, 0.3) is 5.91 Å². The van der Waals surface area contributed by atoms with E-state index in [1.165, 1.54) is 0 Å². The highest BCUT2D eigenvalue weighted by atomic mass is 16.5. The molecule has 0 unspecified atom stereocenters. The highest BCUT2D eigenvalue weighted by Gasteiger charge is 2.24. The number of amides is 2. The molecule has 0 spiro atoms. The second kappa shape index (κ2) is 8.15. The lowest BCUT2D eigenvalue weighted by Gasteiger charge is -2.32. The molecule has 1 saturated heterocycles. The lowest BCUT2D eigenvalue weighted by molar-refractivity contribution is 0.0571. The van der Waals surface area contributed by atoms with Gasteiger partial charge in [-0.15, -0.1) is 0 Å². The first-order valence-corrected chi connectivity index (χ1v) is 8.87. The fourth-order valence-corrected chi connectivity index (χ4v) is 3.57. The van der Waals surface area contributed by atoms with Gasteiger partial charge < -0.3 is 15.4 Å². The summed E-state index contributed by atoms with van der Waals surface area (Å²) in [5, 5.41) is 0. The van der Waals surface area contributed by atoms with Gasteiger partial charge in [-0.25, -0.2) is 0 Å². The minimum Gasteiger partial charge on any atom is -0.384 e. The third-order valence-corrected chi connectivity index (χ3v) is 4.82. The van der Waals surface area contributed by atoms with E-state index in [0.29, 0.717) is 23.7 Å². The standard InChI is InChI=1S/C21H24N2O3/c1-26-14-15-6-5-11-23(13-15)21(25)17-8-4-7-16(12-17)18-9-2-3-10-19(18)20(22)24/h2-4,7-10,12,15H,5-6,11,13-14H2,1H3,(H2,22,24)/t15-/m0/s1. The molecule has 136 valence electrons. The van der Waals surface area contributed by atoms with Gasteiger partial charge >= 0.3 is 0 Å². The van der Waals surface area contributed by atoms with Gasteiger partial charge in [-0.05, 0) is 48.1 Å². The number of carbonyl (C=O) groups excluding carboxylic acids is 2. The van der Waals surface area contributed by atoms with Crippen LogP contribution in [0.2, 0.25) is 0 Å². The summed E-state index contributed by atoms with van der Waals surface area (Å²) in [6.07, 6.45) is 2.08. The molecule has 1 heterocycles. The Morgan fingerprint density at radius 3 is 2.77 bits per heavy atom. The highest BCUT2D eigenvalue weighted by molar-refractivity contribution is 6.01. The first kappa shape index (κ1) is 18.1. The summed E-state index contributed by atoms with van der Waals surface area (Å²) >= 11 is 0. The minimum atomic E-state index is -0.476. The van der Waals surface area contributed by atoms with Crippen LogP contribution in [0.15, 0.2) is 48.5 Å². The van der Waals surface area contributed by atoms with Gasteiger partial charge in [0.05, 0.1) is 6.61 Å². The van der Waals surface area contributed by atoms with E-state index < -0.39 is 5.91 Å². The molecule has 0 aliphatic carbocycles. The molecule has 2 amide bonds. The van der Waals surface area contributed by atoms with E-state index in [4.69, 9.17) is 10.5 Å². The number of ether oxygens (including phenoxy) is 1. The van der Waals surface area contributed by atoms with E-state index in [9.17, 15) is 9.59 Å². The van der Waals surface area contributed by atoms with Crippen molar-refractivity contribution in [3.05, 3.63) is 59.7 Å². The smallest absolute Gasteiger partial charge is 0.253 e. The number of methoxy groups -OCH3 is 1. The van der Waals surface area contributed by atoms with Crippen molar-refractivity contribution >= 4 is 11.8 Å². The average Bonchev–Trinajstić information content (AvgIpc) is 2.68. The summed E-state index contributed by atoms with van der Waals surface area (Å²) in [6, 6.07) is 14.6. The first-order chi connectivity index (χ1) is 12.6. The number of piperidine rings is 1. The molecule has 1 aliphatic heterocycles. The van der Waals surface area contributed by atoms with E-state index in [-0.39, 0.29) is 5.91 Å². The van der Waals surface area contributed by atoms with Crippen LogP contribution in [-0.2, 0) is 4.74 Å². The summed E-state index contributed by atoms with van der Waals surface area (Å²) in [5.74, 6) is -0.0727. The SMILES string of the molecule is COC[C@H]1CCCN(C(=O)c2cccc(-c3ccccc3C(N)=O)c2)C1. The van der Waals surface area contributed by atoms with Crippen molar-refractivity contribution in [2.45, 2.75) is 12.8 Å². The predicted molar refractivity (Wildman–Crippen MR) is 101 cm³/mol. The second-order valence-electron chi connectivity index (χ2n) is 6.71. The minimum absolute atomic E-state index is 0.0178. The summed E-state index contributed by atoms with van der Waals surface area (Å²) in [5.41, 5.74) is 8.12. The van der Waals surface area contributed by atoms with Gasteiger partial charge in [-0.2, -0.15) is 0 Å². The number of hydrogen-bond donors (Lipinski definition) is 1. The molecule has 1 aliphatic rings. The molecule has 1 fully saturated rings. The maximum Gasteiger partial charge on any atom is 0.253 e. The van der Waals surface area contributed by atoms with Crippen molar-refractivity contribution in [2.75, 3.05) is 26.8 Å². The number of nitrogens with two attached hydrogens (primary N) is 1. The van der Waals surface area contributed by atoms with E-state index in [1.807, 2.05) is 41.3 Å². The maximum atomic E-state index is 12.9. The Balaban J connectivity index is 1.86. The molecular formula is C21H24N2O3. The summed E-state index contributed by atoms with van der Waals surface area (Å²) in [7, 11) is 1.69. The zero-order chi connectivity index (χ0) is 18.5. The van der Waals surface area contributed by atoms with Gasteiger partial charge in [0.2, 0.25) is 5.91 Å². The van der Waals surface area contributed by atoms with Gasteiger partial charge in [-0.1, -0.05) is 30.3 Å². The average molecular weight is 352 g/mol. The summed E-state index contributed by atoms with van der Waals surface area (Å²) in [6.45, 7) is 2.16. The van der Waals surface area contributed by atoms with Crippen molar-refractivity contribution in [3.8, 4) is 11.1 Å². The Morgan fingerprint density at radius 2 is 2.00 bits per heavy atom. The normalized spacial score (nSPS) is 17.1. The van der Waals surface area contributed by atoms with E-state index in [2.05, 4.69) is 0 Å². The Kier molecular flexibility index (Phi) is 5.68. The number of likely N-dealkylation sites (tertiary alicyclic amines) is 1. The fraction of sp³-hybridized carbons (Fsp3) is 0.333. The molecule has 26 heavy (non-hydrogen) atoms. The van der Waals surface area contributed by atoms with Crippen molar-refractivity contribution < 1.29 is 14.3 Å². The first-order valence-electron chi connectivity index (χ1n) is 8.87. The monoisotopic (exact) mass is 352 g/mol. The van der Waals surface area contributed by atoms with E-state index in [1.54, 1.807) is 19.2 Å². The number of carbonyl (C=O) groups is 2. The van der Waals surface area contributed by atoms with Crippen LogP contribution in [0.1, 0.15) is 33.6 Å². The molecule has 3 rings (SSSR count). The zero-order valence-electron chi connectivity index (χ0n) is 15.0. The van der Waals surface area contributed by atoms with Gasteiger partial charge in [0.1, 0.15) is 0 Å².